The molecule has 2 aliphatic carbocycles. The van der Waals surface area contributed by atoms with Gasteiger partial charge in [0.1, 0.15) is 0 Å². The molecular formula is C21H29F2N3O2S. The first kappa shape index (κ1) is 20.7. The molecule has 4 rings (SSSR count). The van der Waals surface area contributed by atoms with E-state index in [1.165, 1.54) is 16.9 Å². The van der Waals surface area contributed by atoms with Gasteiger partial charge in [-0.25, -0.2) is 8.78 Å². The zero-order valence-corrected chi connectivity index (χ0v) is 17.6. The van der Waals surface area contributed by atoms with Crippen LogP contribution in [-0.2, 0) is 4.79 Å². The van der Waals surface area contributed by atoms with Crippen LogP contribution in [0.5, 0.6) is 0 Å². The summed E-state index contributed by atoms with van der Waals surface area (Å²) in [4.78, 5) is 26.5. The van der Waals surface area contributed by atoms with E-state index in [1.807, 2.05) is 11.0 Å². The van der Waals surface area contributed by atoms with Crippen molar-refractivity contribution in [3.63, 3.8) is 0 Å². The largest absolute Gasteiger partial charge is 0.349 e. The van der Waals surface area contributed by atoms with Crippen molar-refractivity contribution in [3.05, 3.63) is 21.9 Å². The highest BCUT2D eigenvalue weighted by Crippen LogP contribution is 2.43. The lowest BCUT2D eigenvalue weighted by atomic mass is 9.92. The van der Waals surface area contributed by atoms with Crippen molar-refractivity contribution in [1.29, 1.82) is 0 Å². The molecular weight excluding hydrogens is 396 g/mol. The molecule has 1 aromatic rings. The van der Waals surface area contributed by atoms with Gasteiger partial charge in [0.25, 0.3) is 5.91 Å². The number of piperidine rings is 1. The van der Waals surface area contributed by atoms with Crippen molar-refractivity contribution in [2.24, 2.45) is 0 Å². The molecule has 0 unspecified atom stereocenters. The monoisotopic (exact) mass is 425 g/mol. The Hall–Kier alpha value is -1.54. The summed E-state index contributed by atoms with van der Waals surface area (Å²) in [7, 11) is 0. The molecule has 1 aliphatic heterocycles. The van der Waals surface area contributed by atoms with Gasteiger partial charge in [-0.15, -0.1) is 11.3 Å². The molecule has 3 fully saturated rings. The molecule has 5 nitrogen and oxygen atoms in total. The topological polar surface area (TPSA) is 61.4 Å². The molecule has 2 atom stereocenters. The van der Waals surface area contributed by atoms with Crippen LogP contribution in [0.3, 0.4) is 0 Å². The number of nitrogens with zero attached hydrogens (tertiary/aromatic N) is 1. The molecule has 2 N–H and O–H groups in total. The SMILES string of the molecule is CC(=O)N1CCC(N[C@@H]2C[C@H]2c2csc(C(=O)NC3CCC(F)(F)CC3)c2)CC1. The first-order chi connectivity index (χ1) is 13.8. The third kappa shape index (κ3) is 5.15. The van der Waals surface area contributed by atoms with Crippen LogP contribution in [0.25, 0.3) is 0 Å². The van der Waals surface area contributed by atoms with Crippen LogP contribution in [0, 0.1) is 0 Å². The molecule has 0 spiro atoms. The van der Waals surface area contributed by atoms with Gasteiger partial charge in [-0.2, -0.15) is 0 Å². The molecule has 0 bridgehead atoms. The second kappa shape index (κ2) is 8.30. The summed E-state index contributed by atoms with van der Waals surface area (Å²) in [6.45, 7) is 3.26. The summed E-state index contributed by atoms with van der Waals surface area (Å²) >= 11 is 1.43. The molecule has 1 aromatic heterocycles. The maximum absolute atomic E-state index is 13.3. The first-order valence-electron chi connectivity index (χ1n) is 10.6. The summed E-state index contributed by atoms with van der Waals surface area (Å²) in [6, 6.07) is 2.70. The number of carbonyl (C=O) groups excluding carboxylic acids is 2. The summed E-state index contributed by atoms with van der Waals surface area (Å²) in [6.07, 6.45) is 3.44. The van der Waals surface area contributed by atoms with Crippen molar-refractivity contribution in [3.8, 4) is 0 Å². The van der Waals surface area contributed by atoms with Gasteiger partial charge in [0.2, 0.25) is 11.8 Å². The Kier molecular flexibility index (Phi) is 5.93. The highest BCUT2D eigenvalue weighted by Gasteiger charge is 2.41. The molecule has 2 saturated carbocycles. The molecule has 8 heteroatoms. The molecule has 160 valence electrons. The quantitative estimate of drug-likeness (QED) is 0.759. The molecule has 2 amide bonds. The van der Waals surface area contributed by atoms with Gasteiger partial charge in [-0.05, 0) is 49.1 Å². The second-order valence-corrected chi connectivity index (χ2v) is 9.65. The standard InChI is InChI=1S/C21H29F2N3O2S/c1-13(27)26-8-4-16(5-9-26)24-18-11-17(18)14-10-19(29-12-14)20(28)25-15-2-6-21(22,23)7-3-15/h10,12,15-18,24H,2-9,11H2,1H3,(H,25,28)/t17-,18+/m0/s1. The molecule has 0 radical (unpaired) electrons. The van der Waals surface area contributed by atoms with E-state index < -0.39 is 5.92 Å². The number of nitrogens with one attached hydrogen (secondary N) is 2. The summed E-state index contributed by atoms with van der Waals surface area (Å²) in [5.41, 5.74) is 1.19. The molecule has 0 aromatic carbocycles. The highest BCUT2D eigenvalue weighted by atomic mass is 32.1. The lowest BCUT2D eigenvalue weighted by molar-refractivity contribution is -0.129. The number of hydrogen-bond acceptors (Lipinski definition) is 4. The number of halogens is 2. The van der Waals surface area contributed by atoms with Crippen LogP contribution < -0.4 is 10.6 Å². The average Bonchev–Trinajstić information content (AvgIpc) is 3.26. The van der Waals surface area contributed by atoms with E-state index in [-0.39, 0.29) is 30.7 Å². The van der Waals surface area contributed by atoms with E-state index >= 15 is 0 Å². The van der Waals surface area contributed by atoms with Gasteiger partial charge in [-0.1, -0.05) is 0 Å². The zero-order valence-electron chi connectivity index (χ0n) is 16.8. The van der Waals surface area contributed by atoms with Gasteiger partial charge in [0, 0.05) is 56.9 Å². The van der Waals surface area contributed by atoms with E-state index in [9.17, 15) is 18.4 Å². The molecule has 3 aliphatic rings. The van der Waals surface area contributed by atoms with Gasteiger partial charge < -0.3 is 15.5 Å². The average molecular weight is 426 g/mol. The predicted molar refractivity (Wildman–Crippen MR) is 109 cm³/mol. The molecule has 29 heavy (non-hydrogen) atoms. The van der Waals surface area contributed by atoms with Gasteiger partial charge >= 0.3 is 0 Å². The first-order valence-corrected chi connectivity index (χ1v) is 11.5. The van der Waals surface area contributed by atoms with Gasteiger partial charge in [0.05, 0.1) is 4.88 Å². The summed E-state index contributed by atoms with van der Waals surface area (Å²) < 4.78 is 26.5. The normalized spacial score (nSPS) is 27.6. The van der Waals surface area contributed by atoms with E-state index in [4.69, 9.17) is 0 Å². The lowest BCUT2D eigenvalue weighted by Crippen LogP contribution is -2.45. The van der Waals surface area contributed by atoms with Crippen molar-refractivity contribution >= 4 is 23.2 Å². The minimum absolute atomic E-state index is 0.141. The Labute approximate surface area is 174 Å². The number of amides is 2. The maximum Gasteiger partial charge on any atom is 0.261 e. The minimum Gasteiger partial charge on any atom is -0.349 e. The van der Waals surface area contributed by atoms with E-state index in [0.29, 0.717) is 35.7 Å². The Morgan fingerprint density at radius 3 is 2.48 bits per heavy atom. The Morgan fingerprint density at radius 2 is 1.83 bits per heavy atom. The lowest BCUT2D eigenvalue weighted by Gasteiger charge is -2.32. The summed E-state index contributed by atoms with van der Waals surface area (Å²) in [5, 5.41) is 8.68. The van der Waals surface area contributed by atoms with E-state index in [2.05, 4.69) is 16.0 Å². The number of carbonyl (C=O) groups is 2. The second-order valence-electron chi connectivity index (χ2n) is 8.74. The maximum atomic E-state index is 13.3. The molecule has 2 heterocycles. The molecule has 1 saturated heterocycles. The fraction of sp³-hybridized carbons (Fsp3) is 0.714. The van der Waals surface area contributed by atoms with Gasteiger partial charge in [0.15, 0.2) is 0 Å². The summed E-state index contributed by atoms with van der Waals surface area (Å²) in [5.74, 6) is -2.13. The number of alkyl halides is 2. The van der Waals surface area contributed by atoms with Crippen LogP contribution >= 0.6 is 11.3 Å². The van der Waals surface area contributed by atoms with Crippen LogP contribution in [-0.4, -0.2) is 53.9 Å². The van der Waals surface area contributed by atoms with Gasteiger partial charge in [-0.3, -0.25) is 9.59 Å². The number of hydrogen-bond donors (Lipinski definition) is 2. The van der Waals surface area contributed by atoms with Crippen LogP contribution in [0.15, 0.2) is 11.4 Å². The smallest absolute Gasteiger partial charge is 0.261 e. The van der Waals surface area contributed by atoms with E-state index in [1.54, 1.807) is 6.92 Å². The third-order valence-corrected chi connectivity index (χ3v) is 7.45. The van der Waals surface area contributed by atoms with E-state index in [0.717, 1.165) is 32.4 Å². The fourth-order valence-corrected chi connectivity index (χ4v) is 5.39. The van der Waals surface area contributed by atoms with Crippen molar-refractivity contribution in [1.82, 2.24) is 15.5 Å². The minimum atomic E-state index is -2.58. The number of thiophene rings is 1. The number of likely N-dealkylation sites (tertiary alicyclic amines) is 1. The van der Waals surface area contributed by atoms with Crippen molar-refractivity contribution < 1.29 is 18.4 Å². The van der Waals surface area contributed by atoms with Crippen molar-refractivity contribution in [2.45, 2.75) is 81.8 Å². The number of rotatable bonds is 5. The van der Waals surface area contributed by atoms with Crippen LogP contribution in [0.1, 0.15) is 73.0 Å². The predicted octanol–water partition coefficient (Wildman–Crippen LogP) is 3.51. The Balaban J connectivity index is 1.23. The Bertz CT molecular complexity index is 751. The fourth-order valence-electron chi connectivity index (χ4n) is 4.52. The van der Waals surface area contributed by atoms with Crippen LogP contribution in [0.4, 0.5) is 8.78 Å². The zero-order chi connectivity index (χ0) is 20.6. The third-order valence-electron chi connectivity index (χ3n) is 6.50. The van der Waals surface area contributed by atoms with Crippen molar-refractivity contribution in [2.75, 3.05) is 13.1 Å². The Morgan fingerprint density at radius 1 is 1.14 bits per heavy atom. The highest BCUT2D eigenvalue weighted by molar-refractivity contribution is 7.12. The van der Waals surface area contributed by atoms with Crippen LogP contribution in [0.2, 0.25) is 0 Å².